The lowest BCUT2D eigenvalue weighted by molar-refractivity contribution is -0.137. The number of nitrogens with zero attached hydrogens (tertiary/aromatic N) is 2. The number of carbonyl (C=O) groups is 1. The Hall–Kier alpha value is -1.94. The van der Waals surface area contributed by atoms with Gasteiger partial charge in [0.15, 0.2) is 0 Å². The Bertz CT molecular complexity index is 641. The number of aliphatic carboxylic acids is 1. The van der Waals surface area contributed by atoms with E-state index in [1.54, 1.807) is 16.2 Å². The Labute approximate surface area is 122 Å². The minimum Gasteiger partial charge on any atom is -0.481 e. The van der Waals surface area contributed by atoms with Crippen molar-refractivity contribution in [1.29, 1.82) is 0 Å². The van der Waals surface area contributed by atoms with E-state index in [0.717, 1.165) is 0 Å². The molecule has 1 aromatic carbocycles. The monoisotopic (exact) mass is 313 g/mol. The van der Waals surface area contributed by atoms with Gasteiger partial charge in [-0.3, -0.25) is 14.4 Å². The summed E-state index contributed by atoms with van der Waals surface area (Å²) in [5, 5.41) is 12.0. The van der Waals surface area contributed by atoms with Gasteiger partial charge in [-0.15, -0.1) is 0 Å². The molecule has 9 heteroatoms. The Morgan fingerprint density at radius 2 is 1.95 bits per heavy atom. The van der Waals surface area contributed by atoms with Crippen LogP contribution in [0.1, 0.15) is 6.42 Å². The van der Waals surface area contributed by atoms with E-state index in [4.69, 9.17) is 9.66 Å². The van der Waals surface area contributed by atoms with Gasteiger partial charge in [0.25, 0.3) is 10.1 Å². The van der Waals surface area contributed by atoms with Crippen LogP contribution in [0.3, 0.4) is 0 Å². The molecule has 0 spiro atoms. The van der Waals surface area contributed by atoms with Gasteiger partial charge in [-0.2, -0.15) is 14.0 Å². The van der Waals surface area contributed by atoms with E-state index >= 15 is 0 Å². The molecule has 0 amide bonds. The van der Waals surface area contributed by atoms with Crippen molar-refractivity contribution >= 4 is 21.8 Å². The van der Waals surface area contributed by atoms with Crippen molar-refractivity contribution in [3.63, 3.8) is 0 Å². The third kappa shape index (κ3) is 4.26. The van der Waals surface area contributed by atoms with Crippen molar-refractivity contribution in [3.05, 3.63) is 36.5 Å². The van der Waals surface area contributed by atoms with Crippen molar-refractivity contribution in [2.45, 2.75) is 11.3 Å². The van der Waals surface area contributed by atoms with Crippen LogP contribution >= 0.6 is 0 Å². The summed E-state index contributed by atoms with van der Waals surface area (Å²) in [5.74, 6) is -0.879. The summed E-state index contributed by atoms with van der Waals surface area (Å²) in [6.07, 6.45) is 3.60. The normalized spacial score (nSPS) is 16.1. The summed E-state index contributed by atoms with van der Waals surface area (Å²) in [6, 6.07) is 5.63. The number of hydrogen-bond donors (Lipinski definition) is 3. The first-order valence-electron chi connectivity index (χ1n) is 6.13. The second-order valence-electron chi connectivity index (χ2n) is 4.41. The zero-order valence-corrected chi connectivity index (χ0v) is 11.8. The van der Waals surface area contributed by atoms with Crippen LogP contribution in [0.5, 0.6) is 0 Å². The highest BCUT2D eigenvalue weighted by molar-refractivity contribution is 7.85. The average molecular weight is 313 g/mol. The minimum atomic E-state index is -4.21. The molecule has 1 aliphatic heterocycles. The fraction of sp³-hybridized carbons (Fsp3) is 0.250. The van der Waals surface area contributed by atoms with Crippen LogP contribution in [-0.4, -0.2) is 42.1 Å². The second kappa shape index (κ2) is 6.22. The molecule has 0 unspecified atom stereocenters. The van der Waals surface area contributed by atoms with Gasteiger partial charge in [-0.1, -0.05) is 6.08 Å². The van der Waals surface area contributed by atoms with Crippen LogP contribution in [0.15, 0.2) is 41.4 Å². The van der Waals surface area contributed by atoms with Crippen LogP contribution in [0.2, 0.25) is 0 Å². The van der Waals surface area contributed by atoms with Crippen LogP contribution in [0.25, 0.3) is 0 Å². The van der Waals surface area contributed by atoms with Gasteiger partial charge in [0.1, 0.15) is 0 Å². The van der Waals surface area contributed by atoms with Crippen molar-refractivity contribution in [1.82, 2.24) is 10.5 Å². The fourth-order valence-electron chi connectivity index (χ4n) is 1.80. The number of anilines is 1. The lowest BCUT2D eigenvalue weighted by Crippen LogP contribution is -2.51. The highest BCUT2D eigenvalue weighted by Crippen LogP contribution is 2.18. The topological polar surface area (TPSA) is 110 Å². The largest absolute Gasteiger partial charge is 0.481 e. The van der Waals surface area contributed by atoms with Gasteiger partial charge in [0.05, 0.1) is 17.0 Å². The molecule has 1 heterocycles. The molecule has 0 saturated carbocycles. The van der Waals surface area contributed by atoms with Crippen LogP contribution in [0.4, 0.5) is 5.69 Å². The predicted octanol–water partition coefficient (Wildman–Crippen LogP) is 0.463. The van der Waals surface area contributed by atoms with Crippen LogP contribution in [0, 0.1) is 0 Å². The van der Waals surface area contributed by atoms with Gasteiger partial charge in [0, 0.05) is 19.3 Å². The van der Waals surface area contributed by atoms with Gasteiger partial charge >= 0.3 is 5.97 Å². The van der Waals surface area contributed by atoms with Crippen LogP contribution < -0.4 is 10.5 Å². The molecule has 3 N–H and O–H groups in total. The molecule has 1 aromatic rings. The van der Waals surface area contributed by atoms with Gasteiger partial charge in [-0.25, -0.2) is 5.01 Å². The summed E-state index contributed by atoms with van der Waals surface area (Å²) in [4.78, 5) is 10.4. The Balaban J connectivity index is 2.06. The third-order valence-electron chi connectivity index (χ3n) is 2.84. The summed E-state index contributed by atoms with van der Waals surface area (Å²) in [7, 11) is -4.21. The molecular formula is C12H15N3O5S. The molecule has 0 aliphatic carbocycles. The molecule has 0 aromatic heterocycles. The molecule has 114 valence electrons. The molecule has 0 radical (unpaired) electrons. The molecule has 21 heavy (non-hydrogen) atoms. The van der Waals surface area contributed by atoms with E-state index < -0.39 is 16.1 Å². The second-order valence-corrected chi connectivity index (χ2v) is 5.84. The molecule has 0 saturated heterocycles. The number of benzene rings is 1. The smallest absolute Gasteiger partial charge is 0.304 e. The van der Waals surface area contributed by atoms with E-state index in [1.165, 1.54) is 24.3 Å². The average Bonchev–Trinajstić information content (AvgIpc) is 2.45. The molecule has 8 nitrogen and oxygen atoms in total. The van der Waals surface area contributed by atoms with E-state index in [9.17, 15) is 13.2 Å². The third-order valence-corrected chi connectivity index (χ3v) is 3.71. The zero-order valence-electron chi connectivity index (χ0n) is 11.0. The number of hydrazine groups is 2. The number of hydrogen-bond acceptors (Lipinski definition) is 6. The number of carboxylic acid groups (broad SMARTS) is 1. The van der Waals surface area contributed by atoms with Gasteiger partial charge in [0.2, 0.25) is 0 Å². The summed E-state index contributed by atoms with van der Waals surface area (Å²) in [6.45, 7) is 0.895. The molecule has 0 fully saturated rings. The summed E-state index contributed by atoms with van der Waals surface area (Å²) in [5.41, 5.74) is 3.64. The van der Waals surface area contributed by atoms with Crippen molar-refractivity contribution in [3.8, 4) is 0 Å². The first-order chi connectivity index (χ1) is 9.86. The van der Waals surface area contributed by atoms with Crippen LogP contribution in [-0.2, 0) is 14.9 Å². The Morgan fingerprint density at radius 3 is 2.52 bits per heavy atom. The Kier molecular flexibility index (Phi) is 4.58. The summed E-state index contributed by atoms with van der Waals surface area (Å²) >= 11 is 0. The summed E-state index contributed by atoms with van der Waals surface area (Å²) < 4.78 is 30.9. The fourth-order valence-corrected chi connectivity index (χ4v) is 2.28. The van der Waals surface area contributed by atoms with E-state index in [2.05, 4.69) is 5.53 Å². The standard InChI is InChI=1S/C12H15N3O5S/c16-12(17)6-9-14-7-1-8-15(13-14)10-2-4-11(5-3-10)21(18,19)20/h1-5,8,13H,6-7,9H2,(H,16,17)(H,18,19,20). The number of nitrogens with one attached hydrogen (secondary N) is 1. The lowest BCUT2D eigenvalue weighted by Gasteiger charge is -2.33. The Morgan fingerprint density at radius 1 is 1.29 bits per heavy atom. The van der Waals surface area contributed by atoms with Gasteiger partial charge < -0.3 is 5.11 Å². The maximum Gasteiger partial charge on any atom is 0.304 e. The SMILES string of the molecule is O=C(O)CCN1CC=CN(c2ccc(S(=O)(=O)O)cc2)N1. The lowest BCUT2D eigenvalue weighted by atomic mass is 10.3. The highest BCUT2D eigenvalue weighted by Gasteiger charge is 2.15. The molecule has 1 aliphatic rings. The van der Waals surface area contributed by atoms with E-state index in [0.29, 0.717) is 18.8 Å². The van der Waals surface area contributed by atoms with Crippen molar-refractivity contribution < 1.29 is 22.9 Å². The quantitative estimate of drug-likeness (QED) is 0.673. The van der Waals surface area contributed by atoms with Gasteiger partial charge in [-0.05, 0) is 24.3 Å². The zero-order chi connectivity index (χ0) is 15.5. The maximum absolute atomic E-state index is 11.0. The molecule has 2 rings (SSSR count). The molecule has 0 atom stereocenters. The van der Waals surface area contributed by atoms with E-state index in [-0.39, 0.29) is 11.3 Å². The van der Waals surface area contributed by atoms with Crippen molar-refractivity contribution in [2.75, 3.05) is 18.1 Å². The number of rotatable bonds is 5. The number of carboxylic acids is 1. The van der Waals surface area contributed by atoms with E-state index in [1.807, 2.05) is 6.08 Å². The predicted molar refractivity (Wildman–Crippen MR) is 74.8 cm³/mol. The van der Waals surface area contributed by atoms with Crippen molar-refractivity contribution in [2.24, 2.45) is 0 Å². The minimum absolute atomic E-state index is 0.0103. The molecular weight excluding hydrogens is 298 g/mol. The molecule has 0 bridgehead atoms. The maximum atomic E-state index is 11.0. The highest BCUT2D eigenvalue weighted by atomic mass is 32.2. The first kappa shape index (κ1) is 15.4. The first-order valence-corrected chi connectivity index (χ1v) is 7.57.